The molecule has 22 heavy (non-hydrogen) atoms. The lowest BCUT2D eigenvalue weighted by atomic mass is 10.1. The highest BCUT2D eigenvalue weighted by Gasteiger charge is 2.26. The molecule has 2 aromatic rings. The summed E-state index contributed by atoms with van der Waals surface area (Å²) in [5, 5.41) is 9.14. The van der Waals surface area contributed by atoms with Gasteiger partial charge in [0.25, 0.3) is 0 Å². The number of esters is 1. The maximum atomic E-state index is 10.9. The average molecular weight is 344 g/mol. The van der Waals surface area contributed by atoms with Crippen molar-refractivity contribution in [1.29, 1.82) is 0 Å². The molecule has 2 heterocycles. The van der Waals surface area contributed by atoms with Crippen molar-refractivity contribution in [3.05, 3.63) is 22.2 Å². The van der Waals surface area contributed by atoms with E-state index in [0.717, 1.165) is 24.8 Å². The third-order valence-corrected chi connectivity index (χ3v) is 4.31. The van der Waals surface area contributed by atoms with Gasteiger partial charge in [0.05, 0.1) is 21.7 Å². The van der Waals surface area contributed by atoms with Crippen LogP contribution in [0.2, 0.25) is 10.0 Å². The summed E-state index contributed by atoms with van der Waals surface area (Å²) in [6.07, 6.45) is 2.23. The number of hydrogen-bond donors (Lipinski definition) is 0. The number of halogens is 2. The molecule has 0 bridgehead atoms. The van der Waals surface area contributed by atoms with E-state index in [1.165, 1.54) is 6.92 Å². The fourth-order valence-corrected chi connectivity index (χ4v) is 2.85. The standard InChI is InChI=1S/C14H15Cl2N3O3/c1-8(20)21-7-9-3-2-4-14(22-9)19-13-6-11(16)10(15)5-12(13)17-18-19/h5-6,9,14H,2-4,7H2,1H3. The normalized spacial score (nSPS) is 22.0. The first-order valence-corrected chi connectivity index (χ1v) is 7.79. The minimum atomic E-state index is -0.307. The molecule has 0 N–H and O–H groups in total. The second kappa shape index (κ2) is 6.40. The quantitative estimate of drug-likeness (QED) is 0.799. The Hall–Kier alpha value is -1.37. The Bertz CT molecular complexity index is 704. The second-order valence-electron chi connectivity index (χ2n) is 5.24. The van der Waals surface area contributed by atoms with Crippen LogP contribution in [0, 0.1) is 0 Å². The molecule has 1 aromatic heterocycles. The summed E-state index contributed by atoms with van der Waals surface area (Å²) in [4.78, 5) is 10.9. The number of aromatic nitrogens is 3. The Morgan fingerprint density at radius 3 is 2.95 bits per heavy atom. The van der Waals surface area contributed by atoms with Crippen LogP contribution < -0.4 is 0 Å². The molecular weight excluding hydrogens is 329 g/mol. The SMILES string of the molecule is CC(=O)OCC1CCCC(n2nnc3cc(Cl)c(Cl)cc32)O1. The minimum absolute atomic E-state index is 0.135. The second-order valence-corrected chi connectivity index (χ2v) is 6.05. The molecule has 0 amide bonds. The number of nitrogens with zero attached hydrogens (tertiary/aromatic N) is 3. The summed E-state index contributed by atoms with van der Waals surface area (Å²) in [7, 11) is 0. The summed E-state index contributed by atoms with van der Waals surface area (Å²) in [5.74, 6) is -0.307. The van der Waals surface area contributed by atoms with E-state index >= 15 is 0 Å². The Balaban J connectivity index is 1.81. The molecular formula is C14H15Cl2N3O3. The first-order chi connectivity index (χ1) is 10.5. The number of carbonyl (C=O) groups excluding carboxylic acids is 1. The minimum Gasteiger partial charge on any atom is -0.463 e. The van der Waals surface area contributed by atoms with Crippen LogP contribution in [-0.2, 0) is 14.3 Å². The third kappa shape index (κ3) is 3.19. The number of rotatable bonds is 3. The highest BCUT2D eigenvalue weighted by molar-refractivity contribution is 6.42. The van der Waals surface area contributed by atoms with Crippen molar-refractivity contribution in [2.75, 3.05) is 6.61 Å². The van der Waals surface area contributed by atoms with Crippen molar-refractivity contribution >= 4 is 40.2 Å². The lowest BCUT2D eigenvalue weighted by molar-refractivity contribution is -0.154. The largest absolute Gasteiger partial charge is 0.463 e. The van der Waals surface area contributed by atoms with Crippen molar-refractivity contribution < 1.29 is 14.3 Å². The van der Waals surface area contributed by atoms with E-state index < -0.39 is 0 Å². The highest BCUT2D eigenvalue weighted by atomic mass is 35.5. The molecule has 2 unspecified atom stereocenters. The maximum absolute atomic E-state index is 10.9. The van der Waals surface area contributed by atoms with Crippen LogP contribution in [0.4, 0.5) is 0 Å². The molecule has 6 nitrogen and oxygen atoms in total. The number of hydrogen-bond acceptors (Lipinski definition) is 5. The van der Waals surface area contributed by atoms with E-state index in [4.69, 9.17) is 32.7 Å². The molecule has 1 aromatic carbocycles. The van der Waals surface area contributed by atoms with Crippen LogP contribution in [-0.4, -0.2) is 33.7 Å². The molecule has 1 fully saturated rings. The van der Waals surface area contributed by atoms with E-state index in [1.54, 1.807) is 16.8 Å². The number of carbonyl (C=O) groups is 1. The molecule has 0 saturated carbocycles. The van der Waals surface area contributed by atoms with Gasteiger partial charge in [-0.05, 0) is 31.4 Å². The van der Waals surface area contributed by atoms with Crippen LogP contribution in [0.15, 0.2) is 12.1 Å². The van der Waals surface area contributed by atoms with Gasteiger partial charge in [0.2, 0.25) is 0 Å². The van der Waals surface area contributed by atoms with Gasteiger partial charge in [0.1, 0.15) is 12.1 Å². The maximum Gasteiger partial charge on any atom is 0.302 e. The molecule has 3 rings (SSSR count). The summed E-state index contributed by atoms with van der Waals surface area (Å²) in [5.41, 5.74) is 1.44. The Labute approximate surface area is 137 Å². The van der Waals surface area contributed by atoms with E-state index in [1.807, 2.05) is 0 Å². The van der Waals surface area contributed by atoms with Crippen LogP contribution in [0.5, 0.6) is 0 Å². The zero-order chi connectivity index (χ0) is 15.7. The summed E-state index contributed by atoms with van der Waals surface area (Å²) in [6.45, 7) is 1.64. The molecule has 1 aliphatic heterocycles. The van der Waals surface area contributed by atoms with Gasteiger partial charge < -0.3 is 9.47 Å². The molecule has 0 spiro atoms. The van der Waals surface area contributed by atoms with Gasteiger partial charge in [0.15, 0.2) is 6.23 Å². The van der Waals surface area contributed by atoms with E-state index in [0.29, 0.717) is 15.6 Å². The molecule has 0 radical (unpaired) electrons. The third-order valence-electron chi connectivity index (χ3n) is 3.59. The predicted molar refractivity (Wildman–Crippen MR) is 81.9 cm³/mol. The van der Waals surface area contributed by atoms with Gasteiger partial charge in [-0.25, -0.2) is 4.68 Å². The zero-order valence-electron chi connectivity index (χ0n) is 12.0. The van der Waals surface area contributed by atoms with Crippen LogP contribution in [0.25, 0.3) is 11.0 Å². The molecule has 2 atom stereocenters. The van der Waals surface area contributed by atoms with Crippen molar-refractivity contribution in [3.8, 4) is 0 Å². The zero-order valence-corrected chi connectivity index (χ0v) is 13.5. The van der Waals surface area contributed by atoms with Crippen LogP contribution >= 0.6 is 23.2 Å². The van der Waals surface area contributed by atoms with Gasteiger partial charge in [-0.1, -0.05) is 28.4 Å². The fourth-order valence-electron chi connectivity index (χ4n) is 2.54. The Kier molecular flexibility index (Phi) is 4.52. The number of benzene rings is 1. The average Bonchev–Trinajstić information content (AvgIpc) is 2.89. The molecule has 1 saturated heterocycles. The van der Waals surface area contributed by atoms with Gasteiger partial charge >= 0.3 is 5.97 Å². The van der Waals surface area contributed by atoms with Crippen molar-refractivity contribution in [3.63, 3.8) is 0 Å². The van der Waals surface area contributed by atoms with Crippen LogP contribution in [0.3, 0.4) is 0 Å². The first kappa shape index (κ1) is 15.5. The first-order valence-electron chi connectivity index (χ1n) is 7.03. The van der Waals surface area contributed by atoms with Gasteiger partial charge in [-0.2, -0.15) is 0 Å². The molecule has 0 aliphatic carbocycles. The van der Waals surface area contributed by atoms with Crippen molar-refractivity contribution in [1.82, 2.24) is 15.0 Å². The van der Waals surface area contributed by atoms with Crippen molar-refractivity contribution in [2.45, 2.75) is 38.5 Å². The lowest BCUT2D eigenvalue weighted by Crippen LogP contribution is -2.30. The lowest BCUT2D eigenvalue weighted by Gasteiger charge is -2.29. The predicted octanol–water partition coefficient (Wildman–Crippen LogP) is 3.37. The van der Waals surface area contributed by atoms with E-state index in [9.17, 15) is 4.79 Å². The fraction of sp³-hybridized carbons (Fsp3) is 0.500. The van der Waals surface area contributed by atoms with Gasteiger partial charge in [-0.15, -0.1) is 5.10 Å². The van der Waals surface area contributed by atoms with Crippen molar-refractivity contribution in [2.24, 2.45) is 0 Å². The topological polar surface area (TPSA) is 66.2 Å². The van der Waals surface area contributed by atoms with Gasteiger partial charge in [0, 0.05) is 6.92 Å². The highest BCUT2D eigenvalue weighted by Crippen LogP contribution is 2.32. The Morgan fingerprint density at radius 1 is 1.41 bits per heavy atom. The molecule has 8 heteroatoms. The summed E-state index contributed by atoms with van der Waals surface area (Å²) >= 11 is 12.1. The number of ether oxygens (including phenoxy) is 2. The smallest absolute Gasteiger partial charge is 0.302 e. The molecule has 118 valence electrons. The van der Waals surface area contributed by atoms with E-state index in [2.05, 4.69) is 10.3 Å². The van der Waals surface area contributed by atoms with E-state index in [-0.39, 0.29) is 24.9 Å². The number of fused-ring (bicyclic) bond motifs is 1. The monoisotopic (exact) mass is 343 g/mol. The van der Waals surface area contributed by atoms with Crippen LogP contribution in [0.1, 0.15) is 32.4 Å². The molecule has 1 aliphatic rings. The Morgan fingerprint density at radius 2 is 2.18 bits per heavy atom. The van der Waals surface area contributed by atoms with Gasteiger partial charge in [-0.3, -0.25) is 4.79 Å². The summed E-state index contributed by atoms with van der Waals surface area (Å²) < 4.78 is 12.7. The summed E-state index contributed by atoms with van der Waals surface area (Å²) in [6, 6.07) is 3.42.